The van der Waals surface area contributed by atoms with E-state index in [-0.39, 0.29) is 0 Å². The molecule has 3 aromatic rings. The van der Waals surface area contributed by atoms with Gasteiger partial charge in [-0.15, -0.1) is 0 Å². The van der Waals surface area contributed by atoms with Gasteiger partial charge < -0.3 is 22.4 Å². The first kappa shape index (κ1) is 25.7. The third-order valence-corrected chi connectivity index (χ3v) is 13.8. The zero-order valence-electron chi connectivity index (χ0n) is 21.2. The number of nitrogens with zero attached hydrogens (tertiary/aromatic N) is 2. The highest BCUT2D eigenvalue weighted by Crippen LogP contribution is 2.66. The SMILES string of the molecule is CC[P+](CC)(c1ccccc1)[C@@H](C)C([S-])(c1ccc(N(C)C)cc1)c1ccc(N(C)C)cc1. The van der Waals surface area contributed by atoms with Gasteiger partial charge in [-0.1, -0.05) is 58.3 Å². The van der Waals surface area contributed by atoms with Crippen LogP contribution in [-0.2, 0) is 17.4 Å². The summed E-state index contributed by atoms with van der Waals surface area (Å²) in [6.45, 7) is 7.14. The second-order valence-corrected chi connectivity index (χ2v) is 14.6. The van der Waals surface area contributed by atoms with Crippen LogP contribution in [0.4, 0.5) is 11.4 Å². The Morgan fingerprint density at radius 1 is 0.697 bits per heavy atom. The van der Waals surface area contributed by atoms with Gasteiger partial charge >= 0.3 is 0 Å². The summed E-state index contributed by atoms with van der Waals surface area (Å²) in [7, 11) is 6.79. The molecule has 0 spiro atoms. The molecule has 0 amide bonds. The van der Waals surface area contributed by atoms with Gasteiger partial charge in [-0.2, -0.15) is 0 Å². The minimum Gasteiger partial charge on any atom is -0.773 e. The number of hydrogen-bond donors (Lipinski definition) is 0. The molecule has 3 rings (SSSR count). The van der Waals surface area contributed by atoms with Crippen LogP contribution in [0.2, 0.25) is 0 Å². The zero-order valence-corrected chi connectivity index (χ0v) is 23.0. The van der Waals surface area contributed by atoms with Gasteiger partial charge in [0.15, 0.2) is 0 Å². The van der Waals surface area contributed by atoms with Crippen LogP contribution < -0.4 is 15.1 Å². The molecule has 33 heavy (non-hydrogen) atoms. The smallest absolute Gasteiger partial charge is 0.0941 e. The lowest BCUT2D eigenvalue weighted by atomic mass is 9.87. The lowest BCUT2D eigenvalue weighted by Gasteiger charge is -2.51. The van der Waals surface area contributed by atoms with Crippen molar-refractivity contribution < 1.29 is 0 Å². The molecule has 0 heterocycles. The highest BCUT2D eigenvalue weighted by Gasteiger charge is 2.48. The highest BCUT2D eigenvalue weighted by molar-refractivity contribution is 7.84. The second-order valence-electron chi connectivity index (χ2n) is 9.30. The van der Waals surface area contributed by atoms with Gasteiger partial charge in [0, 0.05) is 46.8 Å². The Hall–Kier alpha value is -1.96. The molecule has 0 saturated carbocycles. The standard InChI is InChI=1S/C29H39N2PS/c1-8-32(9-2,28-13-11-10-12-14-28)23(3)29(33,24-15-19-26(20-16-24)30(4)5)25-17-21-27(22-18-25)31(6)7/h10-23H,8-9H2,1-7H3/t23-/m0/s1. The Morgan fingerprint density at radius 2 is 1.09 bits per heavy atom. The Morgan fingerprint density at radius 3 is 1.42 bits per heavy atom. The Kier molecular flexibility index (Phi) is 8.19. The molecular formula is C29H39N2PS. The van der Waals surface area contributed by atoms with Crippen molar-refractivity contribution in [1.82, 2.24) is 0 Å². The van der Waals surface area contributed by atoms with Gasteiger partial charge in [0.25, 0.3) is 0 Å². The summed E-state index contributed by atoms with van der Waals surface area (Å²) in [5.74, 6) is 0. The van der Waals surface area contributed by atoms with Gasteiger partial charge in [-0.05, 0) is 57.2 Å². The van der Waals surface area contributed by atoms with Gasteiger partial charge in [-0.25, -0.2) is 0 Å². The van der Waals surface area contributed by atoms with Crippen molar-refractivity contribution in [2.45, 2.75) is 31.2 Å². The lowest BCUT2D eigenvalue weighted by Crippen LogP contribution is -2.42. The third kappa shape index (κ3) is 4.81. The fourth-order valence-corrected chi connectivity index (χ4v) is 10.5. The van der Waals surface area contributed by atoms with Crippen LogP contribution in [0.5, 0.6) is 0 Å². The predicted molar refractivity (Wildman–Crippen MR) is 153 cm³/mol. The van der Waals surface area contributed by atoms with E-state index in [1.54, 1.807) is 0 Å². The quantitative estimate of drug-likeness (QED) is 0.260. The summed E-state index contributed by atoms with van der Waals surface area (Å²) in [6, 6.07) is 29.0. The van der Waals surface area contributed by atoms with E-state index < -0.39 is 12.0 Å². The van der Waals surface area contributed by atoms with Crippen molar-refractivity contribution in [2.24, 2.45) is 0 Å². The Labute approximate surface area is 207 Å². The van der Waals surface area contributed by atoms with E-state index in [9.17, 15) is 0 Å². The first-order chi connectivity index (χ1) is 15.7. The molecule has 0 radical (unpaired) electrons. The summed E-state index contributed by atoms with van der Waals surface area (Å²) < 4.78 is -0.509. The second kappa shape index (κ2) is 10.5. The fourth-order valence-electron chi connectivity index (χ4n) is 5.10. The van der Waals surface area contributed by atoms with Gasteiger partial charge in [0.05, 0.1) is 23.3 Å². The molecule has 0 unspecified atom stereocenters. The van der Waals surface area contributed by atoms with E-state index in [0.29, 0.717) is 5.66 Å². The predicted octanol–water partition coefficient (Wildman–Crippen LogP) is 6.38. The van der Waals surface area contributed by atoms with Crippen molar-refractivity contribution in [3.8, 4) is 0 Å². The van der Waals surface area contributed by atoms with Crippen LogP contribution in [0.1, 0.15) is 31.9 Å². The van der Waals surface area contributed by atoms with E-state index in [1.165, 1.54) is 27.8 Å². The Bertz CT molecular complexity index is 958. The maximum atomic E-state index is 6.76. The number of benzene rings is 3. The first-order valence-electron chi connectivity index (χ1n) is 11.9. The van der Waals surface area contributed by atoms with Crippen molar-refractivity contribution in [3.05, 3.63) is 90.0 Å². The Balaban J connectivity index is 2.23. The summed E-state index contributed by atoms with van der Waals surface area (Å²) in [5, 5.41) is 1.49. The van der Waals surface area contributed by atoms with Gasteiger partial charge in [-0.3, -0.25) is 0 Å². The molecule has 0 aliphatic heterocycles. The van der Waals surface area contributed by atoms with Crippen molar-refractivity contribution >= 4 is 36.6 Å². The minimum absolute atomic E-state index is 0.313. The highest BCUT2D eigenvalue weighted by atomic mass is 32.1. The molecular weight excluding hydrogens is 439 g/mol. The molecule has 0 aliphatic carbocycles. The normalized spacial score (nSPS) is 13.0. The van der Waals surface area contributed by atoms with Gasteiger partial charge in [0.1, 0.15) is 0 Å². The van der Waals surface area contributed by atoms with Crippen molar-refractivity contribution in [1.29, 1.82) is 0 Å². The van der Waals surface area contributed by atoms with Crippen LogP contribution in [0.3, 0.4) is 0 Å². The van der Waals surface area contributed by atoms with Crippen LogP contribution in [0.25, 0.3) is 0 Å². The average Bonchev–Trinajstić information content (AvgIpc) is 2.85. The first-order valence-corrected chi connectivity index (χ1v) is 14.5. The summed E-state index contributed by atoms with van der Waals surface area (Å²) >= 11 is 6.76. The molecule has 1 atom stereocenters. The van der Waals surface area contributed by atoms with E-state index in [0.717, 1.165) is 12.3 Å². The summed E-state index contributed by atoms with van der Waals surface area (Å²) in [6.07, 6.45) is 2.30. The van der Waals surface area contributed by atoms with E-state index in [2.05, 4.69) is 138 Å². The van der Waals surface area contributed by atoms with Crippen LogP contribution in [0.15, 0.2) is 78.9 Å². The molecule has 176 valence electrons. The molecule has 0 saturated heterocycles. The maximum absolute atomic E-state index is 6.76. The summed E-state index contributed by atoms with van der Waals surface area (Å²) in [4.78, 5) is 4.28. The maximum Gasteiger partial charge on any atom is 0.0941 e. The molecule has 0 bridgehead atoms. The molecule has 2 nitrogen and oxygen atoms in total. The molecule has 0 fully saturated rings. The topological polar surface area (TPSA) is 6.48 Å². The van der Waals surface area contributed by atoms with E-state index in [1.807, 2.05) is 0 Å². The number of hydrogen-bond acceptors (Lipinski definition) is 3. The van der Waals surface area contributed by atoms with E-state index in [4.69, 9.17) is 12.6 Å². The summed E-state index contributed by atoms with van der Waals surface area (Å²) in [5.41, 5.74) is 5.14. The third-order valence-electron chi connectivity index (χ3n) is 7.35. The minimum atomic E-state index is -1.54. The van der Waals surface area contributed by atoms with E-state index >= 15 is 0 Å². The number of anilines is 2. The van der Waals surface area contributed by atoms with Crippen LogP contribution in [0, 0.1) is 0 Å². The fraction of sp³-hybridized carbons (Fsp3) is 0.379. The van der Waals surface area contributed by atoms with Crippen molar-refractivity contribution in [3.63, 3.8) is 0 Å². The van der Waals surface area contributed by atoms with Crippen LogP contribution >= 0.6 is 7.26 Å². The lowest BCUT2D eigenvalue weighted by molar-refractivity contribution is 0.716. The molecule has 4 heteroatoms. The largest absolute Gasteiger partial charge is 0.773 e. The van der Waals surface area contributed by atoms with Crippen LogP contribution in [-0.4, -0.2) is 46.2 Å². The van der Waals surface area contributed by atoms with Gasteiger partial charge in [0.2, 0.25) is 0 Å². The number of rotatable bonds is 9. The molecule has 3 aromatic carbocycles. The average molecular weight is 479 g/mol. The zero-order chi connectivity index (χ0) is 24.2. The molecule has 0 aromatic heterocycles. The van der Waals surface area contributed by atoms with Crippen molar-refractivity contribution in [2.75, 3.05) is 50.3 Å². The molecule has 0 N–H and O–H groups in total. The molecule has 0 aliphatic rings. The monoisotopic (exact) mass is 478 g/mol.